The average Bonchev–Trinajstić information content (AvgIpc) is 2.62. The number of anilines is 3. The van der Waals surface area contributed by atoms with Crippen LogP contribution in [0.2, 0.25) is 0 Å². The van der Waals surface area contributed by atoms with Gasteiger partial charge in [-0.2, -0.15) is 0 Å². The van der Waals surface area contributed by atoms with Crippen molar-refractivity contribution >= 4 is 29.0 Å². The molecule has 3 rings (SSSR count). The van der Waals surface area contributed by atoms with Crippen LogP contribution in [0, 0.1) is 6.92 Å². The molecule has 2 aromatic carbocycles. The molecule has 0 aliphatic carbocycles. The molecular weight excluding hydrogens is 350 g/mol. The molecule has 1 heterocycles. The van der Waals surface area contributed by atoms with Gasteiger partial charge in [0.05, 0.1) is 0 Å². The normalized spacial score (nSPS) is 14.7. The van der Waals surface area contributed by atoms with Crippen LogP contribution in [0.3, 0.4) is 0 Å². The number of carbonyl (C=O) groups excluding carboxylic acids is 2. The van der Waals surface area contributed by atoms with Crippen molar-refractivity contribution in [2.45, 2.75) is 52.4 Å². The SMILES string of the molecule is Cc1cc(NC(=O)Nc2ccc(C(C)(C)C)cc2)ccc1N1CCCCC1=O. The molecule has 2 N–H and O–H groups in total. The summed E-state index contributed by atoms with van der Waals surface area (Å²) < 4.78 is 0. The van der Waals surface area contributed by atoms with Gasteiger partial charge in [-0.25, -0.2) is 4.79 Å². The smallest absolute Gasteiger partial charge is 0.312 e. The summed E-state index contributed by atoms with van der Waals surface area (Å²) >= 11 is 0. The number of hydrogen-bond donors (Lipinski definition) is 2. The summed E-state index contributed by atoms with van der Waals surface area (Å²) in [6.45, 7) is 9.20. The summed E-state index contributed by atoms with van der Waals surface area (Å²) in [5.41, 5.74) is 4.65. The first-order valence-corrected chi connectivity index (χ1v) is 9.83. The zero-order valence-corrected chi connectivity index (χ0v) is 17.1. The molecule has 0 bridgehead atoms. The minimum absolute atomic E-state index is 0.0792. The summed E-state index contributed by atoms with van der Waals surface area (Å²) in [6, 6.07) is 13.3. The molecule has 0 atom stereocenters. The van der Waals surface area contributed by atoms with E-state index in [2.05, 4.69) is 31.4 Å². The van der Waals surface area contributed by atoms with E-state index in [9.17, 15) is 9.59 Å². The van der Waals surface area contributed by atoms with Crippen molar-refractivity contribution in [1.29, 1.82) is 0 Å². The lowest BCUT2D eigenvalue weighted by Crippen LogP contribution is -2.35. The number of hydrogen-bond acceptors (Lipinski definition) is 2. The van der Waals surface area contributed by atoms with Gasteiger partial charge in [0.1, 0.15) is 0 Å². The highest BCUT2D eigenvalue weighted by molar-refractivity contribution is 6.00. The minimum Gasteiger partial charge on any atom is -0.312 e. The Balaban J connectivity index is 1.64. The summed E-state index contributed by atoms with van der Waals surface area (Å²) in [5, 5.41) is 5.72. The molecule has 3 amide bonds. The van der Waals surface area contributed by atoms with Gasteiger partial charge in [-0.3, -0.25) is 4.79 Å². The number of nitrogens with zero attached hydrogens (tertiary/aromatic N) is 1. The van der Waals surface area contributed by atoms with Gasteiger partial charge >= 0.3 is 6.03 Å². The van der Waals surface area contributed by atoms with Crippen molar-refractivity contribution in [3.8, 4) is 0 Å². The van der Waals surface area contributed by atoms with Gasteiger partial charge in [-0.15, -0.1) is 0 Å². The Bertz CT molecular complexity index is 866. The van der Waals surface area contributed by atoms with E-state index in [1.54, 1.807) is 0 Å². The molecule has 5 nitrogen and oxygen atoms in total. The maximum atomic E-state index is 12.3. The Hall–Kier alpha value is -2.82. The van der Waals surface area contributed by atoms with Gasteiger partial charge < -0.3 is 15.5 Å². The monoisotopic (exact) mass is 379 g/mol. The van der Waals surface area contributed by atoms with Crippen LogP contribution in [-0.4, -0.2) is 18.5 Å². The number of benzene rings is 2. The van der Waals surface area contributed by atoms with Crippen LogP contribution in [-0.2, 0) is 10.2 Å². The summed E-state index contributed by atoms with van der Waals surface area (Å²) in [4.78, 5) is 26.3. The number of amides is 3. The second kappa shape index (κ2) is 8.05. The van der Waals surface area contributed by atoms with E-state index in [1.165, 1.54) is 5.56 Å². The van der Waals surface area contributed by atoms with Crippen LogP contribution in [0.5, 0.6) is 0 Å². The van der Waals surface area contributed by atoms with Crippen molar-refractivity contribution in [1.82, 2.24) is 0 Å². The number of urea groups is 1. The lowest BCUT2D eigenvalue weighted by atomic mass is 9.87. The van der Waals surface area contributed by atoms with Gasteiger partial charge in [0.2, 0.25) is 5.91 Å². The fourth-order valence-corrected chi connectivity index (χ4v) is 3.44. The molecule has 1 aliphatic heterocycles. The predicted octanol–water partition coefficient (Wildman–Crippen LogP) is 5.45. The standard InChI is InChI=1S/C23H29N3O2/c1-16-15-19(12-13-20(16)26-14-6-5-7-21(26)27)25-22(28)24-18-10-8-17(9-11-18)23(2,3)4/h8-13,15H,5-7,14H2,1-4H3,(H2,24,25,28). The number of rotatable bonds is 3. The second-order valence-electron chi connectivity index (χ2n) is 8.41. The maximum absolute atomic E-state index is 12.3. The quantitative estimate of drug-likeness (QED) is 0.744. The van der Waals surface area contributed by atoms with Crippen LogP contribution < -0.4 is 15.5 Å². The molecule has 28 heavy (non-hydrogen) atoms. The van der Waals surface area contributed by atoms with Crippen molar-refractivity contribution in [3.05, 3.63) is 53.6 Å². The number of aryl methyl sites for hydroxylation is 1. The van der Waals surface area contributed by atoms with E-state index in [-0.39, 0.29) is 17.4 Å². The van der Waals surface area contributed by atoms with Crippen LogP contribution in [0.25, 0.3) is 0 Å². The van der Waals surface area contributed by atoms with Crippen LogP contribution >= 0.6 is 0 Å². The average molecular weight is 380 g/mol. The Morgan fingerprint density at radius 3 is 2.21 bits per heavy atom. The Kier molecular flexibility index (Phi) is 5.73. The molecule has 148 valence electrons. The fourth-order valence-electron chi connectivity index (χ4n) is 3.44. The van der Waals surface area contributed by atoms with Gasteiger partial charge in [0.25, 0.3) is 0 Å². The molecule has 0 saturated carbocycles. The lowest BCUT2D eigenvalue weighted by molar-refractivity contribution is -0.119. The van der Waals surface area contributed by atoms with Gasteiger partial charge in [-0.05, 0) is 66.6 Å². The molecule has 0 radical (unpaired) electrons. The van der Waals surface area contributed by atoms with Crippen molar-refractivity contribution in [2.75, 3.05) is 22.1 Å². The zero-order chi connectivity index (χ0) is 20.3. The van der Waals surface area contributed by atoms with Crippen LogP contribution in [0.1, 0.15) is 51.2 Å². The number of piperidine rings is 1. The molecule has 2 aromatic rings. The highest BCUT2D eigenvalue weighted by Crippen LogP contribution is 2.27. The van der Waals surface area contributed by atoms with Gasteiger partial charge in [-0.1, -0.05) is 32.9 Å². The third-order valence-electron chi connectivity index (χ3n) is 5.08. The first kappa shape index (κ1) is 19.9. The van der Waals surface area contributed by atoms with Crippen molar-refractivity contribution in [3.63, 3.8) is 0 Å². The summed E-state index contributed by atoms with van der Waals surface area (Å²) in [6.07, 6.45) is 2.60. The molecule has 1 aliphatic rings. The Labute approximate surface area is 167 Å². The number of nitrogens with one attached hydrogen (secondary N) is 2. The predicted molar refractivity (Wildman–Crippen MR) is 115 cm³/mol. The van der Waals surface area contributed by atoms with E-state index in [4.69, 9.17) is 0 Å². The highest BCUT2D eigenvalue weighted by atomic mass is 16.2. The third-order valence-corrected chi connectivity index (χ3v) is 5.08. The molecule has 0 aromatic heterocycles. The number of carbonyl (C=O) groups is 2. The van der Waals surface area contributed by atoms with E-state index < -0.39 is 0 Å². The molecule has 0 spiro atoms. The zero-order valence-electron chi connectivity index (χ0n) is 17.1. The van der Waals surface area contributed by atoms with Crippen LogP contribution in [0.15, 0.2) is 42.5 Å². The molecule has 5 heteroatoms. The van der Waals surface area contributed by atoms with Crippen LogP contribution in [0.4, 0.5) is 21.9 Å². The third kappa shape index (κ3) is 4.71. The topological polar surface area (TPSA) is 61.4 Å². The fraction of sp³-hybridized carbons (Fsp3) is 0.391. The van der Waals surface area contributed by atoms with Gasteiger partial charge in [0, 0.05) is 30.0 Å². The molecular formula is C23H29N3O2. The molecule has 1 fully saturated rings. The Morgan fingerprint density at radius 1 is 0.964 bits per heavy atom. The van der Waals surface area contributed by atoms with Crippen molar-refractivity contribution < 1.29 is 9.59 Å². The summed E-state index contributed by atoms with van der Waals surface area (Å²) in [5.74, 6) is 0.173. The van der Waals surface area contributed by atoms with E-state index in [1.807, 2.05) is 54.3 Å². The van der Waals surface area contributed by atoms with E-state index in [0.717, 1.165) is 36.3 Å². The van der Waals surface area contributed by atoms with Gasteiger partial charge in [0.15, 0.2) is 0 Å². The largest absolute Gasteiger partial charge is 0.323 e. The lowest BCUT2D eigenvalue weighted by Gasteiger charge is -2.28. The van der Waals surface area contributed by atoms with Crippen molar-refractivity contribution in [2.24, 2.45) is 0 Å². The first-order chi connectivity index (χ1) is 13.2. The van der Waals surface area contributed by atoms with E-state index >= 15 is 0 Å². The second-order valence-corrected chi connectivity index (χ2v) is 8.41. The Morgan fingerprint density at radius 2 is 1.61 bits per heavy atom. The summed E-state index contributed by atoms with van der Waals surface area (Å²) in [7, 11) is 0. The minimum atomic E-state index is -0.287. The first-order valence-electron chi connectivity index (χ1n) is 9.83. The highest BCUT2D eigenvalue weighted by Gasteiger charge is 2.21. The molecule has 1 saturated heterocycles. The molecule has 0 unspecified atom stereocenters. The maximum Gasteiger partial charge on any atom is 0.323 e. The van der Waals surface area contributed by atoms with E-state index in [0.29, 0.717) is 12.1 Å².